The van der Waals surface area contributed by atoms with Crippen LogP contribution in [-0.4, -0.2) is 24.7 Å². The van der Waals surface area contributed by atoms with Crippen molar-refractivity contribution in [3.8, 4) is 0 Å². The van der Waals surface area contributed by atoms with E-state index in [1.807, 2.05) is 6.92 Å². The van der Waals surface area contributed by atoms with Crippen molar-refractivity contribution in [1.82, 2.24) is 0 Å². The molecule has 0 saturated heterocycles. The van der Waals surface area contributed by atoms with Gasteiger partial charge in [-0.3, -0.25) is 0 Å². The average Bonchev–Trinajstić information content (AvgIpc) is 2.38. The highest BCUT2D eigenvalue weighted by Gasteiger charge is 2.32. The van der Waals surface area contributed by atoms with Crippen molar-refractivity contribution in [2.24, 2.45) is 5.92 Å². The highest BCUT2D eigenvalue weighted by molar-refractivity contribution is 7.92. The Kier molecular flexibility index (Phi) is 4.13. The third kappa shape index (κ3) is 2.85. The molecule has 2 rings (SSSR count). The number of hydrogen-bond donors (Lipinski definition) is 1. The number of rotatable bonds is 3. The molecule has 0 heterocycles. The zero-order valence-corrected chi connectivity index (χ0v) is 12.0. The van der Waals surface area contributed by atoms with Gasteiger partial charge in [0.2, 0.25) is 0 Å². The lowest BCUT2D eigenvalue weighted by Crippen LogP contribution is -2.27. The van der Waals surface area contributed by atoms with Crippen molar-refractivity contribution >= 4 is 15.8 Å². The summed E-state index contributed by atoms with van der Waals surface area (Å²) in [6.45, 7) is 2.01. The molecule has 1 aliphatic rings. The molecule has 0 aliphatic heterocycles. The Bertz CT molecular complexity index is 624. The predicted molar refractivity (Wildman–Crippen MR) is 72.0 cm³/mol. The average molecular weight is 300 g/mol. The Morgan fingerprint density at radius 3 is 2.65 bits per heavy atom. The summed E-state index contributed by atoms with van der Waals surface area (Å²) >= 11 is 0. The molecule has 0 aromatic heterocycles. The standard InChI is InChI=1S/C14H17FO4S/c1-9-3-2-4-10(7-9)20(18,19)11-5-6-13(15)12(8-11)14(16)17/h5-6,8-10H,2-4,7H2,1H3,(H,16,17). The van der Waals surface area contributed by atoms with Crippen LogP contribution in [0.4, 0.5) is 4.39 Å². The first-order valence-corrected chi connectivity index (χ1v) is 8.13. The smallest absolute Gasteiger partial charge is 0.338 e. The quantitative estimate of drug-likeness (QED) is 0.871. The van der Waals surface area contributed by atoms with Gasteiger partial charge >= 0.3 is 5.97 Å². The van der Waals surface area contributed by atoms with Gasteiger partial charge in [-0.2, -0.15) is 0 Å². The fourth-order valence-corrected chi connectivity index (χ4v) is 4.68. The van der Waals surface area contributed by atoms with Crippen molar-refractivity contribution in [2.75, 3.05) is 0 Å². The Hall–Kier alpha value is -1.43. The monoisotopic (exact) mass is 300 g/mol. The molecule has 6 heteroatoms. The second-order valence-corrected chi connectivity index (χ2v) is 7.61. The summed E-state index contributed by atoms with van der Waals surface area (Å²) in [4.78, 5) is 10.8. The topological polar surface area (TPSA) is 71.4 Å². The van der Waals surface area contributed by atoms with E-state index < -0.39 is 32.4 Å². The van der Waals surface area contributed by atoms with Gasteiger partial charge in [-0.1, -0.05) is 19.8 Å². The summed E-state index contributed by atoms with van der Waals surface area (Å²) in [5.41, 5.74) is -0.602. The maximum Gasteiger partial charge on any atom is 0.338 e. The number of benzene rings is 1. The van der Waals surface area contributed by atoms with Crippen LogP contribution in [0.3, 0.4) is 0 Å². The van der Waals surface area contributed by atoms with Gasteiger partial charge < -0.3 is 5.11 Å². The van der Waals surface area contributed by atoms with Gasteiger partial charge in [0.15, 0.2) is 9.84 Å². The van der Waals surface area contributed by atoms with E-state index in [2.05, 4.69) is 0 Å². The zero-order valence-electron chi connectivity index (χ0n) is 11.2. The van der Waals surface area contributed by atoms with Crippen LogP contribution in [0.15, 0.2) is 23.1 Å². The van der Waals surface area contributed by atoms with E-state index in [4.69, 9.17) is 5.11 Å². The lowest BCUT2D eigenvalue weighted by molar-refractivity contribution is 0.0691. The first kappa shape index (κ1) is 15.0. The van der Waals surface area contributed by atoms with E-state index in [1.54, 1.807) is 0 Å². The van der Waals surface area contributed by atoms with Crippen molar-refractivity contribution < 1.29 is 22.7 Å². The summed E-state index contributed by atoms with van der Waals surface area (Å²) in [6, 6.07) is 2.98. The molecule has 1 aromatic rings. The molecule has 0 amide bonds. The molecule has 1 fully saturated rings. The van der Waals surface area contributed by atoms with Gasteiger partial charge in [-0.05, 0) is 37.0 Å². The second kappa shape index (κ2) is 5.52. The zero-order chi connectivity index (χ0) is 14.9. The SMILES string of the molecule is CC1CCCC(S(=O)(=O)c2ccc(F)c(C(=O)O)c2)C1. The van der Waals surface area contributed by atoms with Gasteiger partial charge in [0.05, 0.1) is 15.7 Å². The highest BCUT2D eigenvalue weighted by Crippen LogP contribution is 2.32. The molecule has 1 saturated carbocycles. The fraction of sp³-hybridized carbons (Fsp3) is 0.500. The van der Waals surface area contributed by atoms with Crippen LogP contribution < -0.4 is 0 Å². The van der Waals surface area contributed by atoms with Crippen LogP contribution in [0.25, 0.3) is 0 Å². The van der Waals surface area contributed by atoms with Gasteiger partial charge in [0.1, 0.15) is 5.82 Å². The van der Waals surface area contributed by atoms with Crippen molar-refractivity contribution in [3.05, 3.63) is 29.6 Å². The summed E-state index contributed by atoms with van der Waals surface area (Å²) < 4.78 is 38.3. The number of aromatic carboxylic acids is 1. The number of carboxylic acids is 1. The third-order valence-electron chi connectivity index (χ3n) is 3.82. The molecular weight excluding hydrogens is 283 g/mol. The maximum atomic E-state index is 13.3. The van der Waals surface area contributed by atoms with Crippen LogP contribution in [0.5, 0.6) is 0 Å². The lowest BCUT2D eigenvalue weighted by Gasteiger charge is -2.26. The van der Waals surface area contributed by atoms with Gasteiger partial charge in [0, 0.05) is 0 Å². The Labute approximate surface area is 117 Å². The summed E-state index contributed by atoms with van der Waals surface area (Å²) in [6.07, 6.45) is 3.00. The number of sulfone groups is 1. The molecule has 4 nitrogen and oxygen atoms in total. The maximum absolute atomic E-state index is 13.3. The first-order valence-electron chi connectivity index (χ1n) is 6.59. The van der Waals surface area contributed by atoms with E-state index in [0.717, 1.165) is 31.0 Å². The fourth-order valence-electron chi connectivity index (χ4n) is 2.70. The molecule has 0 radical (unpaired) electrons. The molecule has 1 aromatic carbocycles. The summed E-state index contributed by atoms with van der Waals surface area (Å²) in [7, 11) is -3.60. The second-order valence-electron chi connectivity index (χ2n) is 5.39. The Morgan fingerprint density at radius 2 is 2.05 bits per heavy atom. The first-order chi connectivity index (χ1) is 9.32. The third-order valence-corrected chi connectivity index (χ3v) is 6.04. The molecule has 20 heavy (non-hydrogen) atoms. The van der Waals surface area contributed by atoms with Crippen molar-refractivity contribution in [3.63, 3.8) is 0 Å². The minimum absolute atomic E-state index is 0.101. The van der Waals surface area contributed by atoms with E-state index in [0.29, 0.717) is 18.8 Å². The number of halogens is 1. The van der Waals surface area contributed by atoms with E-state index in [-0.39, 0.29) is 4.90 Å². The van der Waals surface area contributed by atoms with E-state index in [9.17, 15) is 17.6 Å². The molecule has 1 N–H and O–H groups in total. The predicted octanol–water partition coefficient (Wildman–Crippen LogP) is 2.88. The number of carboxylic acid groups (broad SMARTS) is 1. The van der Waals surface area contributed by atoms with E-state index in [1.165, 1.54) is 0 Å². The van der Waals surface area contributed by atoms with Crippen LogP contribution >= 0.6 is 0 Å². The van der Waals surface area contributed by atoms with Gasteiger partial charge in [-0.15, -0.1) is 0 Å². The largest absolute Gasteiger partial charge is 0.478 e. The Balaban J connectivity index is 2.39. The number of carbonyl (C=O) groups is 1. The van der Waals surface area contributed by atoms with E-state index >= 15 is 0 Å². The molecule has 1 aliphatic carbocycles. The molecule has 0 spiro atoms. The van der Waals surface area contributed by atoms with Crippen molar-refractivity contribution in [1.29, 1.82) is 0 Å². The molecule has 0 bridgehead atoms. The summed E-state index contributed by atoms with van der Waals surface area (Å²) in [5.74, 6) is -2.05. The summed E-state index contributed by atoms with van der Waals surface area (Å²) in [5, 5.41) is 8.37. The molecule has 2 atom stereocenters. The van der Waals surface area contributed by atoms with Gasteiger partial charge in [-0.25, -0.2) is 17.6 Å². The molecule has 2 unspecified atom stereocenters. The highest BCUT2D eigenvalue weighted by atomic mass is 32.2. The van der Waals surface area contributed by atoms with Crippen LogP contribution in [0, 0.1) is 11.7 Å². The lowest BCUT2D eigenvalue weighted by atomic mass is 9.91. The minimum atomic E-state index is -3.60. The van der Waals surface area contributed by atoms with Crippen LogP contribution in [-0.2, 0) is 9.84 Å². The number of hydrogen-bond acceptors (Lipinski definition) is 3. The Morgan fingerprint density at radius 1 is 1.35 bits per heavy atom. The van der Waals surface area contributed by atoms with Crippen LogP contribution in [0.2, 0.25) is 0 Å². The van der Waals surface area contributed by atoms with Crippen LogP contribution in [0.1, 0.15) is 43.0 Å². The molecular formula is C14H17FO4S. The van der Waals surface area contributed by atoms with Gasteiger partial charge in [0.25, 0.3) is 0 Å². The molecule has 110 valence electrons. The van der Waals surface area contributed by atoms with Crippen molar-refractivity contribution in [2.45, 2.75) is 42.8 Å². The normalized spacial score (nSPS) is 23.5. The minimum Gasteiger partial charge on any atom is -0.478 e.